The molecule has 2 heterocycles. The highest BCUT2D eigenvalue weighted by atomic mass is 79.9. The van der Waals surface area contributed by atoms with Crippen molar-refractivity contribution in [2.75, 3.05) is 25.1 Å². The van der Waals surface area contributed by atoms with E-state index in [9.17, 15) is 0 Å². The van der Waals surface area contributed by atoms with Gasteiger partial charge in [-0.1, -0.05) is 15.9 Å². The highest BCUT2D eigenvalue weighted by Gasteiger charge is 2.24. The van der Waals surface area contributed by atoms with E-state index in [-0.39, 0.29) is 12.4 Å². The average molecular weight is 359 g/mol. The summed E-state index contributed by atoms with van der Waals surface area (Å²) in [4.78, 5) is 11.4. The molecule has 1 saturated heterocycles. The van der Waals surface area contributed by atoms with Gasteiger partial charge in [-0.25, -0.2) is 9.97 Å². The zero-order valence-corrected chi connectivity index (χ0v) is 13.9. The van der Waals surface area contributed by atoms with E-state index in [2.05, 4.69) is 36.9 Å². The van der Waals surface area contributed by atoms with E-state index < -0.39 is 0 Å². The second-order valence-corrected chi connectivity index (χ2v) is 5.76. The number of rotatable bonds is 2. The van der Waals surface area contributed by atoms with Crippen molar-refractivity contribution in [3.63, 3.8) is 0 Å². The van der Waals surface area contributed by atoms with Crippen molar-refractivity contribution >= 4 is 45.1 Å². The second kappa shape index (κ2) is 6.24. The maximum Gasteiger partial charge on any atom is 0.140 e. The normalized spacial score (nSPS) is 18.4. The molecule has 2 aromatic rings. The van der Waals surface area contributed by atoms with Crippen molar-refractivity contribution in [2.45, 2.75) is 19.4 Å². The van der Waals surface area contributed by atoms with E-state index in [1.54, 1.807) is 7.11 Å². The number of hydrogen-bond donors (Lipinski definition) is 0. The molecule has 20 heavy (non-hydrogen) atoms. The van der Waals surface area contributed by atoms with Gasteiger partial charge < -0.3 is 9.64 Å². The number of ether oxygens (including phenoxy) is 1. The van der Waals surface area contributed by atoms with E-state index >= 15 is 0 Å². The number of halogens is 2. The Morgan fingerprint density at radius 2 is 2.15 bits per heavy atom. The van der Waals surface area contributed by atoms with Crippen LogP contribution in [0, 0.1) is 6.92 Å². The van der Waals surface area contributed by atoms with E-state index in [1.807, 2.05) is 19.1 Å². The van der Waals surface area contributed by atoms with Crippen LogP contribution in [0.1, 0.15) is 12.2 Å². The van der Waals surface area contributed by atoms with Gasteiger partial charge in [-0.05, 0) is 31.5 Å². The molecule has 1 aliphatic rings. The summed E-state index contributed by atoms with van der Waals surface area (Å²) in [5.41, 5.74) is 0.984. The first-order valence-corrected chi connectivity index (χ1v) is 7.18. The summed E-state index contributed by atoms with van der Waals surface area (Å²) in [6.45, 7) is 3.83. The zero-order valence-electron chi connectivity index (χ0n) is 11.5. The molecule has 0 bridgehead atoms. The van der Waals surface area contributed by atoms with E-state index in [0.29, 0.717) is 6.10 Å². The van der Waals surface area contributed by atoms with Crippen molar-refractivity contribution in [3.05, 3.63) is 28.5 Å². The third kappa shape index (κ3) is 2.90. The van der Waals surface area contributed by atoms with E-state index in [1.165, 1.54) is 0 Å². The van der Waals surface area contributed by atoms with Crippen LogP contribution in [0.15, 0.2) is 22.7 Å². The molecular weight excluding hydrogens is 342 g/mol. The lowest BCUT2D eigenvalue weighted by atomic mass is 10.2. The zero-order chi connectivity index (χ0) is 13.4. The number of anilines is 1. The lowest BCUT2D eigenvalue weighted by molar-refractivity contribution is 0.121. The van der Waals surface area contributed by atoms with Crippen LogP contribution in [0.2, 0.25) is 0 Å². The van der Waals surface area contributed by atoms with Gasteiger partial charge >= 0.3 is 0 Å². The Bertz CT molecular complexity index is 617. The molecule has 6 heteroatoms. The summed E-state index contributed by atoms with van der Waals surface area (Å²) in [7, 11) is 1.77. The van der Waals surface area contributed by atoms with Crippen LogP contribution in [-0.4, -0.2) is 36.3 Å². The Kier molecular flexibility index (Phi) is 4.83. The fourth-order valence-corrected chi connectivity index (χ4v) is 2.90. The number of fused-ring (bicyclic) bond motifs is 1. The minimum atomic E-state index is 0. The number of methoxy groups -OCH3 is 1. The van der Waals surface area contributed by atoms with Gasteiger partial charge in [-0.3, -0.25) is 0 Å². The van der Waals surface area contributed by atoms with Gasteiger partial charge in [0.15, 0.2) is 0 Å². The molecule has 1 unspecified atom stereocenters. The Labute approximate surface area is 133 Å². The Balaban J connectivity index is 0.00000147. The SMILES string of the molecule is COC1CCN(c2nc(C)nc3cc(Br)ccc23)C1.Cl. The molecule has 0 aliphatic carbocycles. The lowest BCUT2D eigenvalue weighted by Crippen LogP contribution is -2.23. The van der Waals surface area contributed by atoms with Gasteiger partial charge in [0.1, 0.15) is 11.6 Å². The second-order valence-electron chi connectivity index (χ2n) is 4.85. The summed E-state index contributed by atoms with van der Waals surface area (Å²) in [5, 5.41) is 1.10. The summed E-state index contributed by atoms with van der Waals surface area (Å²) in [5.74, 6) is 1.83. The molecule has 4 nitrogen and oxygen atoms in total. The maximum absolute atomic E-state index is 5.43. The summed E-state index contributed by atoms with van der Waals surface area (Å²) in [6, 6.07) is 6.15. The Morgan fingerprint density at radius 3 is 2.85 bits per heavy atom. The van der Waals surface area contributed by atoms with Gasteiger partial charge in [0, 0.05) is 30.1 Å². The standard InChI is InChI=1S/C14H16BrN3O.ClH/c1-9-16-13-7-10(15)3-4-12(13)14(17-9)18-6-5-11(8-18)19-2;/h3-4,7,11H,5-6,8H2,1-2H3;1H. The highest BCUT2D eigenvalue weighted by Crippen LogP contribution is 2.29. The van der Waals surface area contributed by atoms with Crippen LogP contribution in [-0.2, 0) is 4.74 Å². The molecule has 1 aromatic carbocycles. The fraction of sp³-hybridized carbons (Fsp3) is 0.429. The van der Waals surface area contributed by atoms with Crippen LogP contribution in [0.4, 0.5) is 5.82 Å². The Hall–Kier alpha value is -0.910. The van der Waals surface area contributed by atoms with Crippen molar-refractivity contribution in [2.24, 2.45) is 0 Å². The number of aromatic nitrogens is 2. The number of nitrogens with zero attached hydrogens (tertiary/aromatic N) is 3. The van der Waals surface area contributed by atoms with Crippen LogP contribution in [0.25, 0.3) is 10.9 Å². The summed E-state index contributed by atoms with van der Waals surface area (Å²) in [6.07, 6.45) is 1.36. The molecular formula is C14H17BrClN3O. The van der Waals surface area contributed by atoms with Gasteiger partial charge in [0.2, 0.25) is 0 Å². The number of benzene rings is 1. The van der Waals surface area contributed by atoms with Crippen LogP contribution in [0.3, 0.4) is 0 Å². The van der Waals surface area contributed by atoms with Crippen molar-refractivity contribution in [1.29, 1.82) is 0 Å². The van der Waals surface area contributed by atoms with E-state index in [0.717, 1.165) is 46.5 Å². The molecule has 1 fully saturated rings. The summed E-state index contributed by atoms with van der Waals surface area (Å²) < 4.78 is 6.47. The summed E-state index contributed by atoms with van der Waals surface area (Å²) >= 11 is 3.49. The van der Waals surface area contributed by atoms with Gasteiger partial charge in [0.05, 0.1) is 11.6 Å². The molecule has 1 aliphatic heterocycles. The van der Waals surface area contributed by atoms with Crippen molar-refractivity contribution in [1.82, 2.24) is 9.97 Å². The monoisotopic (exact) mass is 357 g/mol. The van der Waals surface area contributed by atoms with Crippen molar-refractivity contribution in [3.8, 4) is 0 Å². The van der Waals surface area contributed by atoms with E-state index in [4.69, 9.17) is 4.74 Å². The van der Waals surface area contributed by atoms with Gasteiger partial charge in [0.25, 0.3) is 0 Å². The molecule has 0 saturated carbocycles. The predicted molar refractivity (Wildman–Crippen MR) is 86.9 cm³/mol. The average Bonchev–Trinajstić information content (AvgIpc) is 2.85. The molecule has 108 valence electrons. The third-order valence-electron chi connectivity index (χ3n) is 3.53. The first kappa shape index (κ1) is 15.5. The smallest absolute Gasteiger partial charge is 0.140 e. The predicted octanol–water partition coefficient (Wildman–Crippen LogP) is 3.35. The molecule has 0 spiro atoms. The highest BCUT2D eigenvalue weighted by molar-refractivity contribution is 9.10. The molecule has 0 N–H and O–H groups in total. The van der Waals surface area contributed by atoms with Crippen molar-refractivity contribution < 1.29 is 4.74 Å². The van der Waals surface area contributed by atoms with Crippen LogP contribution >= 0.6 is 28.3 Å². The topological polar surface area (TPSA) is 38.2 Å². The van der Waals surface area contributed by atoms with Crippen LogP contribution < -0.4 is 4.90 Å². The minimum absolute atomic E-state index is 0. The quantitative estimate of drug-likeness (QED) is 0.825. The maximum atomic E-state index is 5.43. The number of hydrogen-bond acceptors (Lipinski definition) is 4. The molecule has 1 aromatic heterocycles. The molecule has 0 amide bonds. The Morgan fingerprint density at radius 1 is 1.35 bits per heavy atom. The largest absolute Gasteiger partial charge is 0.380 e. The number of aryl methyl sites for hydroxylation is 1. The third-order valence-corrected chi connectivity index (χ3v) is 4.02. The molecule has 1 atom stereocenters. The van der Waals surface area contributed by atoms with Gasteiger partial charge in [-0.2, -0.15) is 0 Å². The van der Waals surface area contributed by atoms with Gasteiger partial charge in [-0.15, -0.1) is 12.4 Å². The first-order chi connectivity index (χ1) is 9.17. The molecule has 0 radical (unpaired) electrons. The lowest BCUT2D eigenvalue weighted by Gasteiger charge is -2.19. The minimum Gasteiger partial charge on any atom is -0.380 e. The first-order valence-electron chi connectivity index (χ1n) is 6.39. The van der Waals surface area contributed by atoms with Crippen LogP contribution in [0.5, 0.6) is 0 Å². The fourth-order valence-electron chi connectivity index (χ4n) is 2.55. The molecule has 3 rings (SSSR count).